The van der Waals surface area contributed by atoms with Crippen LogP contribution >= 0.6 is 0 Å². The molecule has 1 amide bonds. The molecule has 0 spiro atoms. The largest absolute Gasteiger partial charge is 0.361 e. The minimum Gasteiger partial charge on any atom is -0.361 e. The molecule has 2 heterocycles. The van der Waals surface area contributed by atoms with Crippen molar-refractivity contribution in [3.05, 3.63) is 63.5 Å². The summed E-state index contributed by atoms with van der Waals surface area (Å²) in [5, 5.41) is 0. The molecule has 2 aromatic rings. The summed E-state index contributed by atoms with van der Waals surface area (Å²) in [6.45, 7) is 5.40. The van der Waals surface area contributed by atoms with Crippen LogP contribution in [0, 0.1) is 5.92 Å². The van der Waals surface area contributed by atoms with Gasteiger partial charge in [0.05, 0.1) is 6.04 Å². The number of rotatable bonds is 5. The van der Waals surface area contributed by atoms with Gasteiger partial charge in [0.15, 0.2) is 0 Å². The van der Waals surface area contributed by atoms with E-state index in [9.17, 15) is 4.79 Å². The zero-order chi connectivity index (χ0) is 22.1. The normalized spacial score (nSPS) is 20.8. The van der Waals surface area contributed by atoms with E-state index >= 15 is 0 Å². The minimum absolute atomic E-state index is 0.162. The van der Waals surface area contributed by atoms with Crippen molar-refractivity contribution in [2.45, 2.75) is 90.5 Å². The number of hydrogen-bond donors (Lipinski definition) is 1. The van der Waals surface area contributed by atoms with Crippen LogP contribution < -0.4 is 0 Å². The summed E-state index contributed by atoms with van der Waals surface area (Å²) in [5.74, 6) is 0.652. The first-order valence-corrected chi connectivity index (χ1v) is 13.0. The number of nitrogens with zero attached hydrogens (tertiary/aromatic N) is 1. The standard InChI is InChI=1S/C29H38N2O/c1-3-20-16-23-14-15-31(29(32)22-10-6-5-7-11-22)28(26(23)17-21(20)4-2)18-24-19-30-27-13-9-8-12-25(24)27/h9,13,16-17,19,22,28,30H,3-8,10-12,14-15,18H2,1-2H3. The van der Waals surface area contributed by atoms with Crippen molar-refractivity contribution in [2.24, 2.45) is 5.92 Å². The molecule has 3 heteroatoms. The van der Waals surface area contributed by atoms with Crippen LogP contribution in [0.1, 0.15) is 97.5 Å². The molecular formula is C29H38N2O. The monoisotopic (exact) mass is 430 g/mol. The first kappa shape index (κ1) is 21.6. The van der Waals surface area contributed by atoms with E-state index < -0.39 is 0 Å². The van der Waals surface area contributed by atoms with Gasteiger partial charge in [-0.3, -0.25) is 4.79 Å². The van der Waals surface area contributed by atoms with Crippen molar-refractivity contribution >= 4 is 12.0 Å². The van der Waals surface area contributed by atoms with Gasteiger partial charge >= 0.3 is 0 Å². The molecule has 1 atom stereocenters. The topological polar surface area (TPSA) is 36.1 Å². The van der Waals surface area contributed by atoms with Crippen LogP contribution in [0.15, 0.2) is 24.4 Å². The number of fused-ring (bicyclic) bond motifs is 2. The van der Waals surface area contributed by atoms with Crippen molar-refractivity contribution in [2.75, 3.05) is 6.54 Å². The molecule has 3 nitrogen and oxygen atoms in total. The molecule has 32 heavy (non-hydrogen) atoms. The summed E-state index contributed by atoms with van der Waals surface area (Å²) in [6, 6.07) is 5.08. The van der Waals surface area contributed by atoms with Crippen LogP contribution in [0.25, 0.3) is 6.08 Å². The van der Waals surface area contributed by atoms with Crippen molar-refractivity contribution < 1.29 is 4.79 Å². The molecule has 0 radical (unpaired) electrons. The van der Waals surface area contributed by atoms with E-state index in [1.165, 1.54) is 58.3 Å². The number of benzene rings is 1. The molecule has 2 aliphatic carbocycles. The number of carbonyl (C=O) groups is 1. The lowest BCUT2D eigenvalue weighted by Crippen LogP contribution is -2.44. The van der Waals surface area contributed by atoms with Gasteiger partial charge in [-0.2, -0.15) is 0 Å². The van der Waals surface area contributed by atoms with E-state index in [1.54, 1.807) is 0 Å². The number of amides is 1. The molecule has 3 aliphatic rings. The van der Waals surface area contributed by atoms with Crippen LogP contribution in [0.2, 0.25) is 0 Å². The highest BCUT2D eigenvalue weighted by molar-refractivity contribution is 5.80. The third-order valence-electron chi connectivity index (χ3n) is 8.19. The third-order valence-corrected chi connectivity index (χ3v) is 8.19. The van der Waals surface area contributed by atoms with Gasteiger partial charge < -0.3 is 9.88 Å². The van der Waals surface area contributed by atoms with Gasteiger partial charge in [-0.25, -0.2) is 0 Å². The van der Waals surface area contributed by atoms with Gasteiger partial charge in [0, 0.05) is 24.4 Å². The lowest BCUT2D eigenvalue weighted by atomic mass is 9.82. The predicted molar refractivity (Wildman–Crippen MR) is 132 cm³/mol. The lowest BCUT2D eigenvalue weighted by molar-refractivity contribution is -0.139. The Kier molecular flexibility index (Phi) is 6.26. The Labute approximate surface area is 193 Å². The maximum absolute atomic E-state index is 13.8. The molecule has 1 unspecified atom stereocenters. The van der Waals surface area contributed by atoms with E-state index in [0.29, 0.717) is 5.91 Å². The average Bonchev–Trinajstić information content (AvgIpc) is 3.26. The number of aromatic amines is 1. The lowest BCUT2D eigenvalue weighted by Gasteiger charge is -2.40. The van der Waals surface area contributed by atoms with Gasteiger partial charge in [0.1, 0.15) is 0 Å². The molecule has 0 bridgehead atoms. The van der Waals surface area contributed by atoms with Gasteiger partial charge in [0.2, 0.25) is 5.91 Å². The quantitative estimate of drug-likeness (QED) is 0.590. The number of H-pyrrole nitrogens is 1. The van der Waals surface area contributed by atoms with Gasteiger partial charge in [-0.1, -0.05) is 51.3 Å². The van der Waals surface area contributed by atoms with Gasteiger partial charge in [0.25, 0.3) is 0 Å². The van der Waals surface area contributed by atoms with Gasteiger partial charge in [-0.15, -0.1) is 0 Å². The minimum atomic E-state index is 0.162. The SMILES string of the molecule is CCc1cc2c(cc1CC)C(Cc1c[nH]c3c1CCC=C3)N(C(=O)C1CCCCC1)CC2. The number of aryl methyl sites for hydroxylation is 2. The summed E-state index contributed by atoms with van der Waals surface area (Å²) >= 11 is 0. The molecule has 0 saturated heterocycles. The summed E-state index contributed by atoms with van der Waals surface area (Å²) in [7, 11) is 0. The van der Waals surface area contributed by atoms with E-state index in [4.69, 9.17) is 0 Å². The highest BCUT2D eigenvalue weighted by Gasteiger charge is 2.36. The molecular weight excluding hydrogens is 392 g/mol. The van der Waals surface area contributed by atoms with E-state index in [1.807, 2.05) is 0 Å². The van der Waals surface area contributed by atoms with Crippen LogP contribution in [-0.4, -0.2) is 22.3 Å². The Bertz CT molecular complexity index is 1010. The fourth-order valence-corrected chi connectivity index (χ4v) is 6.35. The summed E-state index contributed by atoms with van der Waals surface area (Å²) in [5.41, 5.74) is 9.97. The summed E-state index contributed by atoms with van der Waals surface area (Å²) in [4.78, 5) is 19.6. The van der Waals surface area contributed by atoms with Crippen LogP contribution in [0.4, 0.5) is 0 Å². The summed E-state index contributed by atoms with van der Waals surface area (Å²) < 4.78 is 0. The van der Waals surface area contributed by atoms with E-state index in [-0.39, 0.29) is 12.0 Å². The number of aromatic nitrogens is 1. The number of hydrogen-bond acceptors (Lipinski definition) is 1. The average molecular weight is 431 g/mol. The number of nitrogens with one attached hydrogen (secondary N) is 1. The van der Waals surface area contributed by atoms with Crippen molar-refractivity contribution in [1.29, 1.82) is 0 Å². The zero-order valence-corrected chi connectivity index (χ0v) is 19.9. The molecule has 1 aromatic carbocycles. The van der Waals surface area contributed by atoms with Crippen molar-refractivity contribution in [3.8, 4) is 0 Å². The molecule has 1 aromatic heterocycles. The zero-order valence-electron chi connectivity index (χ0n) is 19.9. The fraction of sp³-hybridized carbons (Fsp3) is 0.552. The maximum Gasteiger partial charge on any atom is 0.226 e. The molecule has 1 N–H and O–H groups in total. The maximum atomic E-state index is 13.8. The molecule has 1 saturated carbocycles. The van der Waals surface area contributed by atoms with E-state index in [0.717, 1.165) is 57.9 Å². The van der Waals surface area contributed by atoms with Crippen LogP contribution in [0.5, 0.6) is 0 Å². The second kappa shape index (κ2) is 9.29. The number of allylic oxidation sites excluding steroid dienone is 1. The Morgan fingerprint density at radius 3 is 2.59 bits per heavy atom. The van der Waals surface area contributed by atoms with Crippen molar-refractivity contribution in [1.82, 2.24) is 9.88 Å². The summed E-state index contributed by atoms with van der Waals surface area (Å²) in [6.07, 6.45) is 18.9. The third kappa shape index (κ3) is 3.95. The number of carbonyl (C=O) groups excluding carboxylic acids is 1. The predicted octanol–water partition coefficient (Wildman–Crippen LogP) is 6.35. The highest BCUT2D eigenvalue weighted by Crippen LogP contribution is 2.38. The molecule has 1 fully saturated rings. The Morgan fingerprint density at radius 1 is 1.03 bits per heavy atom. The smallest absolute Gasteiger partial charge is 0.226 e. The van der Waals surface area contributed by atoms with Gasteiger partial charge in [-0.05, 0) is 90.8 Å². The highest BCUT2D eigenvalue weighted by atomic mass is 16.2. The first-order valence-electron chi connectivity index (χ1n) is 13.0. The molecule has 170 valence electrons. The Morgan fingerprint density at radius 2 is 1.81 bits per heavy atom. The molecule has 5 rings (SSSR count). The fourth-order valence-electron chi connectivity index (χ4n) is 6.35. The first-order chi connectivity index (χ1) is 15.7. The Hall–Kier alpha value is -2.29. The van der Waals surface area contributed by atoms with Crippen LogP contribution in [0.3, 0.4) is 0 Å². The van der Waals surface area contributed by atoms with Crippen molar-refractivity contribution in [3.63, 3.8) is 0 Å². The molecule has 1 aliphatic heterocycles. The second-order valence-electron chi connectivity index (χ2n) is 10.0. The van der Waals surface area contributed by atoms with E-state index in [2.05, 4.69) is 54.2 Å². The second-order valence-corrected chi connectivity index (χ2v) is 10.0. The van der Waals surface area contributed by atoms with Crippen LogP contribution in [-0.2, 0) is 36.9 Å². The Balaban J connectivity index is 1.53.